The Bertz CT molecular complexity index is 969. The third-order valence-corrected chi connectivity index (χ3v) is 4.86. The van der Waals surface area contributed by atoms with E-state index < -0.39 is 17.7 Å². The Morgan fingerprint density at radius 2 is 1.96 bits per heavy atom. The molecule has 1 saturated heterocycles. The summed E-state index contributed by atoms with van der Waals surface area (Å²) in [5.41, 5.74) is 0.796. The molecule has 1 fully saturated rings. The lowest BCUT2D eigenvalue weighted by Crippen LogP contribution is -2.30. The van der Waals surface area contributed by atoms with Crippen molar-refractivity contribution in [1.29, 1.82) is 0 Å². The number of likely N-dealkylation sites (tertiary alicyclic amines) is 1. The lowest BCUT2D eigenvalue weighted by Gasteiger charge is -2.25. The number of Topliss-reactive ketones (excluding diaryl/α,β-unsaturated/α-hetero) is 1. The van der Waals surface area contributed by atoms with Gasteiger partial charge in [-0.2, -0.15) is 0 Å². The van der Waals surface area contributed by atoms with Gasteiger partial charge in [-0.25, -0.2) is 0 Å². The van der Waals surface area contributed by atoms with Crippen LogP contribution in [0, 0.1) is 0 Å². The molecule has 0 aromatic heterocycles. The fourth-order valence-corrected chi connectivity index (χ4v) is 3.56. The van der Waals surface area contributed by atoms with E-state index in [4.69, 9.17) is 16.3 Å². The van der Waals surface area contributed by atoms with E-state index in [0.29, 0.717) is 29.1 Å². The number of rotatable bonds is 5. The summed E-state index contributed by atoms with van der Waals surface area (Å²) >= 11 is 6.00. The van der Waals surface area contributed by atoms with Gasteiger partial charge in [-0.15, -0.1) is 0 Å². The summed E-state index contributed by atoms with van der Waals surface area (Å²) in [6.07, 6.45) is 0.628. The fraction of sp³-hybridized carbons (Fsp3) is 0.238. The number of benzene rings is 2. The molecule has 0 radical (unpaired) electrons. The monoisotopic (exact) mass is 401 g/mol. The van der Waals surface area contributed by atoms with Gasteiger partial charge in [-0.1, -0.05) is 36.7 Å². The third-order valence-electron chi connectivity index (χ3n) is 4.62. The second-order valence-corrected chi connectivity index (χ2v) is 6.87. The topological polar surface area (TPSA) is 87.1 Å². The minimum Gasteiger partial charge on any atom is -0.507 e. The number of ketones is 1. The number of carbonyl (C=O) groups excluding carboxylic acids is 2. The predicted molar refractivity (Wildman–Crippen MR) is 105 cm³/mol. The molecule has 2 N–H and O–H groups in total. The zero-order chi connectivity index (χ0) is 20.4. The number of methoxy groups -OCH3 is 1. The molecule has 28 heavy (non-hydrogen) atoms. The summed E-state index contributed by atoms with van der Waals surface area (Å²) in [6.45, 7) is 2.22. The van der Waals surface area contributed by atoms with E-state index in [-0.39, 0.29) is 22.8 Å². The van der Waals surface area contributed by atoms with Crippen molar-refractivity contribution in [1.82, 2.24) is 4.90 Å². The largest absolute Gasteiger partial charge is 0.507 e. The van der Waals surface area contributed by atoms with Crippen LogP contribution in [0.15, 0.2) is 48.0 Å². The van der Waals surface area contributed by atoms with Crippen molar-refractivity contribution in [2.45, 2.75) is 19.4 Å². The van der Waals surface area contributed by atoms with Crippen LogP contribution in [0.4, 0.5) is 0 Å². The number of hydrogen-bond donors (Lipinski definition) is 2. The molecule has 146 valence electrons. The molecule has 2 aromatic carbocycles. The molecule has 0 saturated carbocycles. The third kappa shape index (κ3) is 3.43. The van der Waals surface area contributed by atoms with Crippen molar-refractivity contribution in [2.24, 2.45) is 0 Å². The summed E-state index contributed by atoms with van der Waals surface area (Å²) in [4.78, 5) is 26.8. The molecule has 1 atom stereocenters. The number of phenolic OH excluding ortho intramolecular Hbond substituents is 1. The van der Waals surface area contributed by atoms with E-state index in [2.05, 4.69) is 0 Å². The highest BCUT2D eigenvalue weighted by atomic mass is 35.5. The van der Waals surface area contributed by atoms with Gasteiger partial charge in [-0.3, -0.25) is 9.59 Å². The molecule has 0 spiro atoms. The van der Waals surface area contributed by atoms with Gasteiger partial charge < -0.3 is 19.8 Å². The number of phenols is 1. The van der Waals surface area contributed by atoms with Crippen LogP contribution in [0.3, 0.4) is 0 Å². The number of hydrogen-bond acceptors (Lipinski definition) is 5. The maximum Gasteiger partial charge on any atom is 0.295 e. The lowest BCUT2D eigenvalue weighted by atomic mass is 9.95. The van der Waals surface area contributed by atoms with E-state index >= 15 is 0 Å². The van der Waals surface area contributed by atoms with Crippen LogP contribution >= 0.6 is 11.6 Å². The standard InChI is InChI=1S/C21H20ClNO5/c1-3-9-23-18(12-7-8-16(28-2)15(24)11-12)17(20(26)21(23)27)19(25)13-5-4-6-14(22)10-13/h4-8,10-11,18,24-25H,3,9H2,1-2H3/b19-17-. The van der Waals surface area contributed by atoms with E-state index in [1.54, 1.807) is 30.3 Å². The molecular weight excluding hydrogens is 382 g/mol. The van der Waals surface area contributed by atoms with E-state index in [9.17, 15) is 19.8 Å². The van der Waals surface area contributed by atoms with Gasteiger partial charge >= 0.3 is 0 Å². The highest BCUT2D eigenvalue weighted by Gasteiger charge is 2.45. The van der Waals surface area contributed by atoms with Crippen molar-refractivity contribution in [3.8, 4) is 11.5 Å². The molecule has 6 nitrogen and oxygen atoms in total. The van der Waals surface area contributed by atoms with E-state index in [1.807, 2.05) is 6.92 Å². The maximum absolute atomic E-state index is 12.8. The van der Waals surface area contributed by atoms with E-state index in [1.165, 1.54) is 24.1 Å². The minimum absolute atomic E-state index is 0.0368. The van der Waals surface area contributed by atoms with Gasteiger partial charge in [0.1, 0.15) is 5.76 Å². The molecule has 1 heterocycles. The number of amides is 1. The Kier molecular flexibility index (Phi) is 5.61. The second-order valence-electron chi connectivity index (χ2n) is 6.43. The summed E-state index contributed by atoms with van der Waals surface area (Å²) in [7, 11) is 1.43. The fourth-order valence-electron chi connectivity index (χ4n) is 3.37. The molecule has 0 bridgehead atoms. The van der Waals surface area contributed by atoms with Crippen molar-refractivity contribution in [3.05, 3.63) is 64.2 Å². The zero-order valence-corrected chi connectivity index (χ0v) is 16.2. The summed E-state index contributed by atoms with van der Waals surface area (Å²) in [6, 6.07) is 10.2. The highest BCUT2D eigenvalue weighted by Crippen LogP contribution is 2.41. The molecule has 7 heteroatoms. The molecule has 3 rings (SSSR count). The Balaban J connectivity index is 2.20. The summed E-state index contributed by atoms with van der Waals surface area (Å²) < 4.78 is 5.06. The lowest BCUT2D eigenvalue weighted by molar-refractivity contribution is -0.139. The smallest absolute Gasteiger partial charge is 0.295 e. The first-order valence-corrected chi connectivity index (χ1v) is 9.18. The van der Waals surface area contributed by atoms with Crippen LogP contribution in [0.1, 0.15) is 30.5 Å². The number of aromatic hydroxyl groups is 1. The molecular formula is C21H20ClNO5. The minimum atomic E-state index is -0.823. The van der Waals surface area contributed by atoms with Crippen LogP contribution < -0.4 is 4.74 Å². The van der Waals surface area contributed by atoms with Gasteiger partial charge in [-0.05, 0) is 36.2 Å². The van der Waals surface area contributed by atoms with Gasteiger partial charge in [0.2, 0.25) is 0 Å². The van der Waals surface area contributed by atoms with E-state index in [0.717, 1.165) is 0 Å². The second kappa shape index (κ2) is 7.94. The molecule has 2 aromatic rings. The number of halogens is 1. The molecule has 1 amide bonds. The molecule has 1 aliphatic heterocycles. The average molecular weight is 402 g/mol. The van der Waals surface area contributed by atoms with Crippen molar-refractivity contribution < 1.29 is 24.5 Å². The first-order valence-electron chi connectivity index (χ1n) is 8.80. The first-order chi connectivity index (χ1) is 13.4. The number of aliphatic hydroxyl groups is 1. The molecule has 1 unspecified atom stereocenters. The quantitative estimate of drug-likeness (QED) is 0.451. The number of aliphatic hydroxyl groups excluding tert-OH is 1. The van der Waals surface area contributed by atoms with Crippen molar-refractivity contribution in [2.75, 3.05) is 13.7 Å². The maximum atomic E-state index is 12.8. The number of carbonyl (C=O) groups is 2. The highest BCUT2D eigenvalue weighted by molar-refractivity contribution is 6.46. The van der Waals surface area contributed by atoms with Gasteiger partial charge in [0, 0.05) is 17.1 Å². The van der Waals surface area contributed by atoms with Crippen LogP contribution in [0.2, 0.25) is 5.02 Å². The van der Waals surface area contributed by atoms with Gasteiger partial charge in [0.05, 0.1) is 18.7 Å². The predicted octanol–water partition coefficient (Wildman–Crippen LogP) is 3.89. The Morgan fingerprint density at radius 3 is 2.57 bits per heavy atom. The van der Waals surface area contributed by atoms with Crippen LogP contribution in [0.25, 0.3) is 5.76 Å². The number of ether oxygens (including phenoxy) is 1. The SMILES string of the molecule is CCCN1C(=O)C(=O)/C(=C(\O)c2cccc(Cl)c2)C1c1ccc(OC)c(O)c1. The number of nitrogens with zero attached hydrogens (tertiary/aromatic N) is 1. The Morgan fingerprint density at radius 1 is 1.21 bits per heavy atom. The van der Waals surface area contributed by atoms with Gasteiger partial charge in [0.15, 0.2) is 11.5 Å². The Labute approximate surface area is 167 Å². The summed E-state index contributed by atoms with van der Waals surface area (Å²) in [5.74, 6) is -1.62. The van der Waals surface area contributed by atoms with Crippen molar-refractivity contribution in [3.63, 3.8) is 0 Å². The van der Waals surface area contributed by atoms with Gasteiger partial charge in [0.25, 0.3) is 11.7 Å². The first kappa shape index (κ1) is 19.8. The van der Waals surface area contributed by atoms with Crippen LogP contribution in [-0.2, 0) is 9.59 Å². The summed E-state index contributed by atoms with van der Waals surface area (Å²) in [5, 5.41) is 21.4. The van der Waals surface area contributed by atoms with Crippen LogP contribution in [-0.4, -0.2) is 40.5 Å². The average Bonchev–Trinajstić information content (AvgIpc) is 2.92. The molecule has 1 aliphatic rings. The Hall–Kier alpha value is -2.99. The normalized spacial score (nSPS) is 18.5. The zero-order valence-electron chi connectivity index (χ0n) is 15.5. The van der Waals surface area contributed by atoms with Crippen LogP contribution in [0.5, 0.6) is 11.5 Å². The van der Waals surface area contributed by atoms with Crippen molar-refractivity contribution >= 4 is 29.1 Å². The molecule has 0 aliphatic carbocycles.